The Hall–Kier alpha value is -1.40. The molecule has 0 aromatic carbocycles. The summed E-state index contributed by atoms with van der Waals surface area (Å²) in [6.07, 6.45) is 4.97. The van der Waals surface area contributed by atoms with Gasteiger partial charge in [-0.1, -0.05) is 0 Å². The fourth-order valence-electron chi connectivity index (χ4n) is 2.50. The summed E-state index contributed by atoms with van der Waals surface area (Å²) < 4.78 is 0. The van der Waals surface area contributed by atoms with E-state index in [9.17, 15) is 0 Å². The minimum absolute atomic E-state index is 0.261. The van der Waals surface area contributed by atoms with Crippen LogP contribution in [0.4, 0.5) is 11.8 Å². The zero-order valence-electron chi connectivity index (χ0n) is 10.8. The summed E-state index contributed by atoms with van der Waals surface area (Å²) in [7, 11) is 0. The highest BCUT2D eigenvalue weighted by Gasteiger charge is 2.22. The maximum atomic E-state index is 9.04. The highest BCUT2D eigenvalue weighted by Crippen LogP contribution is 2.26. The monoisotopic (exact) mass is 251 g/mol. The lowest BCUT2D eigenvalue weighted by Crippen LogP contribution is -2.37. The number of hydrogen-bond donors (Lipinski definition) is 3. The van der Waals surface area contributed by atoms with E-state index in [1.165, 1.54) is 6.42 Å². The van der Waals surface area contributed by atoms with Crippen molar-refractivity contribution in [1.82, 2.24) is 9.97 Å². The van der Waals surface area contributed by atoms with Crippen molar-refractivity contribution in [2.45, 2.75) is 26.2 Å². The molecule has 0 saturated carbocycles. The summed E-state index contributed by atoms with van der Waals surface area (Å²) >= 11 is 0. The van der Waals surface area contributed by atoms with Crippen LogP contribution in [0.5, 0.6) is 0 Å². The molecule has 1 aromatic heterocycles. The number of hydrazine groups is 1. The van der Waals surface area contributed by atoms with Gasteiger partial charge in [0.25, 0.3) is 0 Å². The molecular formula is C12H21N5O. The van der Waals surface area contributed by atoms with Gasteiger partial charge in [0.2, 0.25) is 5.95 Å². The average Bonchev–Trinajstić information content (AvgIpc) is 2.40. The molecule has 4 N–H and O–H groups in total. The van der Waals surface area contributed by atoms with Crippen LogP contribution in [0.3, 0.4) is 0 Å². The third-order valence-corrected chi connectivity index (χ3v) is 3.43. The van der Waals surface area contributed by atoms with E-state index in [-0.39, 0.29) is 6.61 Å². The van der Waals surface area contributed by atoms with Crippen LogP contribution < -0.4 is 16.2 Å². The molecule has 2 rings (SSSR count). The summed E-state index contributed by atoms with van der Waals surface area (Å²) in [5.74, 6) is 7.28. The van der Waals surface area contributed by atoms with Crippen molar-refractivity contribution < 1.29 is 5.11 Å². The number of piperidine rings is 1. The van der Waals surface area contributed by atoms with E-state index in [0.29, 0.717) is 11.9 Å². The zero-order chi connectivity index (χ0) is 13.0. The number of aryl methyl sites for hydroxylation is 1. The Balaban J connectivity index is 2.14. The molecule has 100 valence electrons. The molecule has 6 heteroatoms. The summed E-state index contributed by atoms with van der Waals surface area (Å²) in [5.41, 5.74) is 3.54. The van der Waals surface area contributed by atoms with E-state index in [4.69, 9.17) is 10.9 Å². The number of nitrogens with one attached hydrogen (secondary N) is 1. The van der Waals surface area contributed by atoms with E-state index < -0.39 is 0 Å². The molecular weight excluding hydrogens is 230 g/mol. The van der Waals surface area contributed by atoms with Crippen LogP contribution in [-0.2, 0) is 0 Å². The van der Waals surface area contributed by atoms with Crippen molar-refractivity contribution in [3.05, 3.63) is 11.8 Å². The van der Waals surface area contributed by atoms with Gasteiger partial charge < -0.3 is 10.0 Å². The second kappa shape index (κ2) is 5.97. The Labute approximate surface area is 107 Å². The van der Waals surface area contributed by atoms with Gasteiger partial charge in [-0.2, -0.15) is 4.98 Å². The zero-order valence-corrected chi connectivity index (χ0v) is 10.8. The third kappa shape index (κ3) is 2.88. The fraction of sp³-hybridized carbons (Fsp3) is 0.667. The van der Waals surface area contributed by atoms with Crippen LogP contribution in [-0.4, -0.2) is 34.8 Å². The molecule has 1 unspecified atom stereocenters. The smallest absolute Gasteiger partial charge is 0.239 e. The quantitative estimate of drug-likeness (QED) is 0.538. The lowest BCUT2D eigenvalue weighted by atomic mass is 9.95. The summed E-state index contributed by atoms with van der Waals surface area (Å²) in [4.78, 5) is 10.8. The number of nitrogens with two attached hydrogens (primary N) is 1. The molecule has 0 aliphatic carbocycles. The van der Waals surface area contributed by atoms with Crippen LogP contribution in [0.25, 0.3) is 0 Å². The van der Waals surface area contributed by atoms with Crippen molar-refractivity contribution in [3.8, 4) is 0 Å². The SMILES string of the molecule is Cc1cnc(NN)nc1N1CCCC(CCO)C1. The highest BCUT2D eigenvalue weighted by atomic mass is 16.3. The Kier molecular flexibility index (Phi) is 4.33. The Morgan fingerprint density at radius 2 is 2.44 bits per heavy atom. The molecule has 18 heavy (non-hydrogen) atoms. The van der Waals surface area contributed by atoms with Gasteiger partial charge in [-0.15, -0.1) is 0 Å². The predicted octanol–water partition coefficient (Wildman–Crippen LogP) is 0.669. The van der Waals surface area contributed by atoms with Gasteiger partial charge in [0.1, 0.15) is 5.82 Å². The lowest BCUT2D eigenvalue weighted by Gasteiger charge is -2.34. The fourth-order valence-corrected chi connectivity index (χ4v) is 2.50. The standard InChI is InChI=1S/C12H21N5O/c1-9-7-14-12(16-13)15-11(9)17-5-2-3-10(8-17)4-6-18/h7,10,18H,2-6,8,13H2,1H3,(H,14,15,16). The average molecular weight is 251 g/mol. The molecule has 1 aromatic rings. The van der Waals surface area contributed by atoms with E-state index in [1.807, 2.05) is 6.92 Å². The number of nitrogens with zero attached hydrogens (tertiary/aromatic N) is 3. The van der Waals surface area contributed by atoms with E-state index in [2.05, 4.69) is 20.3 Å². The van der Waals surface area contributed by atoms with Crippen LogP contribution in [0.15, 0.2) is 6.20 Å². The van der Waals surface area contributed by atoms with Crippen molar-refractivity contribution in [2.24, 2.45) is 11.8 Å². The van der Waals surface area contributed by atoms with Crippen LogP contribution in [0.2, 0.25) is 0 Å². The lowest BCUT2D eigenvalue weighted by molar-refractivity contribution is 0.244. The second-order valence-electron chi connectivity index (χ2n) is 4.81. The van der Waals surface area contributed by atoms with E-state index >= 15 is 0 Å². The normalized spacial score (nSPS) is 19.9. The first kappa shape index (κ1) is 13.0. The number of rotatable bonds is 4. The maximum Gasteiger partial charge on any atom is 0.239 e. The number of aliphatic hydroxyl groups is 1. The van der Waals surface area contributed by atoms with E-state index in [0.717, 1.165) is 37.3 Å². The molecule has 0 amide bonds. The number of hydrogen-bond acceptors (Lipinski definition) is 6. The van der Waals surface area contributed by atoms with Gasteiger partial charge >= 0.3 is 0 Å². The van der Waals surface area contributed by atoms with Crippen LogP contribution >= 0.6 is 0 Å². The van der Waals surface area contributed by atoms with Gasteiger partial charge in [0.15, 0.2) is 0 Å². The first-order valence-electron chi connectivity index (χ1n) is 6.40. The maximum absolute atomic E-state index is 9.04. The van der Waals surface area contributed by atoms with Crippen LogP contribution in [0, 0.1) is 12.8 Å². The Morgan fingerprint density at radius 1 is 1.61 bits per heavy atom. The van der Waals surface area contributed by atoms with Gasteiger partial charge in [0, 0.05) is 31.5 Å². The van der Waals surface area contributed by atoms with Crippen LogP contribution in [0.1, 0.15) is 24.8 Å². The molecule has 1 aliphatic rings. The first-order valence-corrected chi connectivity index (χ1v) is 6.40. The third-order valence-electron chi connectivity index (χ3n) is 3.43. The number of aromatic nitrogens is 2. The predicted molar refractivity (Wildman–Crippen MR) is 71.2 cm³/mol. The molecule has 1 aliphatic heterocycles. The molecule has 0 bridgehead atoms. The molecule has 2 heterocycles. The molecule has 0 radical (unpaired) electrons. The molecule has 6 nitrogen and oxygen atoms in total. The van der Waals surface area contributed by atoms with Crippen molar-refractivity contribution in [1.29, 1.82) is 0 Å². The molecule has 1 atom stereocenters. The van der Waals surface area contributed by atoms with Gasteiger partial charge in [-0.25, -0.2) is 10.8 Å². The second-order valence-corrected chi connectivity index (χ2v) is 4.81. The van der Waals surface area contributed by atoms with Crippen molar-refractivity contribution in [3.63, 3.8) is 0 Å². The summed E-state index contributed by atoms with van der Waals surface area (Å²) in [5, 5.41) is 9.04. The highest BCUT2D eigenvalue weighted by molar-refractivity contribution is 5.49. The summed E-state index contributed by atoms with van der Waals surface area (Å²) in [6, 6.07) is 0. The minimum Gasteiger partial charge on any atom is -0.396 e. The number of anilines is 2. The topological polar surface area (TPSA) is 87.3 Å². The molecule has 1 saturated heterocycles. The van der Waals surface area contributed by atoms with Crippen molar-refractivity contribution in [2.75, 3.05) is 30.0 Å². The first-order chi connectivity index (χ1) is 8.74. The summed E-state index contributed by atoms with van der Waals surface area (Å²) in [6.45, 7) is 4.22. The van der Waals surface area contributed by atoms with Gasteiger partial charge in [-0.3, -0.25) is 5.43 Å². The van der Waals surface area contributed by atoms with Crippen molar-refractivity contribution >= 4 is 11.8 Å². The Morgan fingerprint density at radius 3 is 3.17 bits per heavy atom. The number of nitrogen functional groups attached to an aromatic ring is 1. The molecule has 1 fully saturated rings. The molecule has 0 spiro atoms. The van der Waals surface area contributed by atoms with E-state index in [1.54, 1.807) is 6.20 Å². The van der Waals surface area contributed by atoms with Gasteiger partial charge in [0.05, 0.1) is 0 Å². The van der Waals surface area contributed by atoms with Gasteiger partial charge in [-0.05, 0) is 32.1 Å². The number of aliphatic hydroxyl groups excluding tert-OH is 1. The Bertz CT molecular complexity index is 396. The largest absolute Gasteiger partial charge is 0.396 e. The minimum atomic E-state index is 0.261.